The summed E-state index contributed by atoms with van der Waals surface area (Å²) < 4.78 is 11.0. The van der Waals surface area contributed by atoms with Crippen molar-refractivity contribution in [1.29, 1.82) is 0 Å². The summed E-state index contributed by atoms with van der Waals surface area (Å²) in [6.45, 7) is 0.896. The zero-order valence-electron chi connectivity index (χ0n) is 16.3. The topological polar surface area (TPSA) is 137 Å². The summed E-state index contributed by atoms with van der Waals surface area (Å²) in [5.74, 6) is -1.92. The SMILES string of the molecule is CCOC(=O)c1c(NC(=O)COC(=O)Cn2ccc(=O)[nH]c2=O)sc2c1CCCC2. The molecule has 1 amide bonds. The summed E-state index contributed by atoms with van der Waals surface area (Å²) in [7, 11) is 0. The maximum Gasteiger partial charge on any atom is 0.341 e. The highest BCUT2D eigenvalue weighted by Crippen LogP contribution is 2.38. The highest BCUT2D eigenvalue weighted by atomic mass is 32.1. The quantitative estimate of drug-likeness (QED) is 0.615. The number of esters is 2. The van der Waals surface area contributed by atoms with Crippen molar-refractivity contribution in [2.75, 3.05) is 18.5 Å². The van der Waals surface area contributed by atoms with E-state index in [0.29, 0.717) is 10.6 Å². The first kappa shape index (κ1) is 21.5. The zero-order chi connectivity index (χ0) is 21.7. The third-order valence-electron chi connectivity index (χ3n) is 4.46. The van der Waals surface area contributed by atoms with Gasteiger partial charge in [0.25, 0.3) is 11.5 Å². The standard InChI is InChI=1S/C19H21N3O7S/c1-2-28-18(26)16-11-5-3-4-6-12(11)30-17(16)20-14(24)10-29-15(25)9-22-8-7-13(23)21-19(22)27/h7-8H,2-6,9-10H2,1H3,(H,20,24)(H,21,23,27). The zero-order valence-corrected chi connectivity index (χ0v) is 17.1. The summed E-state index contributed by atoms with van der Waals surface area (Å²) in [4.78, 5) is 62.3. The number of amides is 1. The summed E-state index contributed by atoms with van der Waals surface area (Å²) in [6.07, 6.45) is 4.73. The van der Waals surface area contributed by atoms with Gasteiger partial charge in [-0.25, -0.2) is 9.59 Å². The van der Waals surface area contributed by atoms with Crippen LogP contribution in [0.15, 0.2) is 21.9 Å². The maximum atomic E-state index is 12.4. The largest absolute Gasteiger partial charge is 0.462 e. The number of nitrogens with zero attached hydrogens (tertiary/aromatic N) is 1. The van der Waals surface area contributed by atoms with E-state index in [2.05, 4.69) is 5.32 Å². The van der Waals surface area contributed by atoms with Crippen LogP contribution in [-0.2, 0) is 38.4 Å². The van der Waals surface area contributed by atoms with E-state index in [9.17, 15) is 24.0 Å². The number of nitrogens with one attached hydrogen (secondary N) is 2. The number of rotatable bonds is 7. The highest BCUT2D eigenvalue weighted by Gasteiger charge is 2.27. The summed E-state index contributed by atoms with van der Waals surface area (Å²) in [6, 6.07) is 1.09. The fourth-order valence-electron chi connectivity index (χ4n) is 3.14. The molecule has 0 saturated heterocycles. The molecule has 0 radical (unpaired) electrons. The Balaban J connectivity index is 1.64. The second-order valence-electron chi connectivity index (χ2n) is 6.58. The number of anilines is 1. The number of hydrogen-bond donors (Lipinski definition) is 2. The molecular weight excluding hydrogens is 414 g/mol. The maximum absolute atomic E-state index is 12.4. The molecule has 30 heavy (non-hydrogen) atoms. The molecule has 1 aliphatic rings. The van der Waals surface area contributed by atoms with E-state index in [1.807, 2.05) is 4.98 Å². The van der Waals surface area contributed by atoms with Crippen LogP contribution in [0.2, 0.25) is 0 Å². The van der Waals surface area contributed by atoms with Crippen molar-refractivity contribution in [3.05, 3.63) is 49.1 Å². The van der Waals surface area contributed by atoms with Crippen LogP contribution in [0.25, 0.3) is 0 Å². The van der Waals surface area contributed by atoms with E-state index in [1.54, 1.807) is 6.92 Å². The Hall–Kier alpha value is -3.21. The lowest BCUT2D eigenvalue weighted by molar-refractivity contribution is -0.148. The first-order valence-corrected chi connectivity index (χ1v) is 10.3. The summed E-state index contributed by atoms with van der Waals surface area (Å²) in [5.41, 5.74) is -0.0577. The van der Waals surface area contributed by atoms with Crippen LogP contribution in [0.4, 0.5) is 5.00 Å². The number of aromatic amines is 1. The van der Waals surface area contributed by atoms with Crippen LogP contribution in [0, 0.1) is 0 Å². The number of thiophene rings is 1. The van der Waals surface area contributed by atoms with Gasteiger partial charge in [-0.2, -0.15) is 0 Å². The van der Waals surface area contributed by atoms with Gasteiger partial charge in [-0.1, -0.05) is 0 Å². The number of carbonyl (C=O) groups is 3. The van der Waals surface area contributed by atoms with E-state index < -0.39 is 42.2 Å². The lowest BCUT2D eigenvalue weighted by atomic mass is 9.95. The Kier molecular flexibility index (Phi) is 6.83. The molecule has 0 saturated carbocycles. The molecule has 11 heteroatoms. The van der Waals surface area contributed by atoms with E-state index in [0.717, 1.165) is 53.0 Å². The Bertz CT molecular complexity index is 1080. The molecule has 2 heterocycles. The molecule has 0 unspecified atom stereocenters. The Morgan fingerprint density at radius 1 is 1.20 bits per heavy atom. The molecule has 0 spiro atoms. The van der Waals surface area contributed by atoms with Gasteiger partial charge in [0.15, 0.2) is 6.61 Å². The van der Waals surface area contributed by atoms with E-state index in [1.165, 1.54) is 11.3 Å². The third kappa shape index (κ3) is 5.03. The number of aryl methyl sites for hydroxylation is 1. The van der Waals surface area contributed by atoms with Gasteiger partial charge >= 0.3 is 17.6 Å². The number of ether oxygens (including phenoxy) is 2. The number of aromatic nitrogens is 2. The van der Waals surface area contributed by atoms with Crippen LogP contribution in [0.1, 0.15) is 40.6 Å². The van der Waals surface area contributed by atoms with Crippen molar-refractivity contribution in [1.82, 2.24) is 9.55 Å². The lowest BCUT2D eigenvalue weighted by Crippen LogP contribution is -2.32. The molecule has 2 aromatic rings. The van der Waals surface area contributed by atoms with Crippen molar-refractivity contribution < 1.29 is 23.9 Å². The number of hydrogen-bond acceptors (Lipinski definition) is 8. The normalized spacial score (nSPS) is 12.7. The monoisotopic (exact) mass is 435 g/mol. The predicted molar refractivity (Wildman–Crippen MR) is 108 cm³/mol. The Labute approximate surface area is 174 Å². The first-order chi connectivity index (χ1) is 14.4. The number of carbonyl (C=O) groups excluding carboxylic acids is 3. The van der Waals surface area contributed by atoms with Crippen LogP contribution in [-0.4, -0.2) is 40.6 Å². The molecule has 2 N–H and O–H groups in total. The molecule has 0 fully saturated rings. The first-order valence-electron chi connectivity index (χ1n) is 9.46. The third-order valence-corrected chi connectivity index (χ3v) is 5.67. The van der Waals surface area contributed by atoms with Gasteiger partial charge in [0, 0.05) is 17.1 Å². The average Bonchev–Trinajstić information content (AvgIpc) is 3.06. The van der Waals surface area contributed by atoms with E-state index >= 15 is 0 Å². The van der Waals surface area contributed by atoms with Crippen molar-refractivity contribution in [2.24, 2.45) is 0 Å². The molecule has 2 aromatic heterocycles. The summed E-state index contributed by atoms with van der Waals surface area (Å²) in [5, 5.41) is 3.02. The smallest absolute Gasteiger partial charge is 0.341 e. The van der Waals surface area contributed by atoms with Gasteiger partial charge in [-0.3, -0.25) is 23.9 Å². The van der Waals surface area contributed by atoms with Gasteiger partial charge in [0.2, 0.25) is 0 Å². The lowest BCUT2D eigenvalue weighted by Gasteiger charge is -2.12. The van der Waals surface area contributed by atoms with Crippen LogP contribution in [0.3, 0.4) is 0 Å². The van der Waals surface area contributed by atoms with Crippen molar-refractivity contribution >= 4 is 34.2 Å². The molecular formula is C19H21N3O7S. The van der Waals surface area contributed by atoms with Crippen molar-refractivity contribution in [3.8, 4) is 0 Å². The molecule has 10 nitrogen and oxygen atoms in total. The molecule has 0 aliphatic heterocycles. The predicted octanol–water partition coefficient (Wildman–Crippen LogP) is 0.835. The van der Waals surface area contributed by atoms with Gasteiger partial charge in [-0.15, -0.1) is 11.3 Å². The van der Waals surface area contributed by atoms with Gasteiger partial charge in [0.1, 0.15) is 11.5 Å². The molecule has 0 atom stereocenters. The van der Waals surface area contributed by atoms with Gasteiger partial charge < -0.3 is 14.8 Å². The molecule has 3 rings (SSSR count). The summed E-state index contributed by atoms with van der Waals surface area (Å²) >= 11 is 1.33. The minimum Gasteiger partial charge on any atom is -0.462 e. The molecule has 0 bridgehead atoms. The second kappa shape index (κ2) is 9.53. The minimum atomic E-state index is -0.824. The highest BCUT2D eigenvalue weighted by molar-refractivity contribution is 7.17. The average molecular weight is 435 g/mol. The van der Waals surface area contributed by atoms with Gasteiger partial charge in [-0.05, 0) is 38.2 Å². The molecule has 160 valence electrons. The number of fused-ring (bicyclic) bond motifs is 1. The second-order valence-corrected chi connectivity index (χ2v) is 7.69. The Morgan fingerprint density at radius 3 is 2.70 bits per heavy atom. The van der Waals surface area contributed by atoms with Crippen molar-refractivity contribution in [2.45, 2.75) is 39.2 Å². The van der Waals surface area contributed by atoms with Crippen LogP contribution in [0.5, 0.6) is 0 Å². The fraction of sp³-hybridized carbons (Fsp3) is 0.421. The fourth-order valence-corrected chi connectivity index (χ4v) is 4.43. The Morgan fingerprint density at radius 2 is 1.97 bits per heavy atom. The molecule has 1 aliphatic carbocycles. The van der Waals surface area contributed by atoms with Crippen LogP contribution < -0.4 is 16.6 Å². The number of H-pyrrole nitrogens is 1. The van der Waals surface area contributed by atoms with Crippen molar-refractivity contribution in [3.63, 3.8) is 0 Å². The minimum absolute atomic E-state index is 0.221. The van der Waals surface area contributed by atoms with Gasteiger partial charge in [0.05, 0.1) is 12.2 Å². The molecule has 0 aromatic carbocycles. The van der Waals surface area contributed by atoms with Crippen LogP contribution >= 0.6 is 11.3 Å². The van der Waals surface area contributed by atoms with E-state index in [-0.39, 0.29) is 6.61 Å². The van der Waals surface area contributed by atoms with E-state index in [4.69, 9.17) is 9.47 Å².